The quantitative estimate of drug-likeness (QED) is 0.325. The SMILES string of the molecule is C=CCn1c(SC(C)C(=O)NCC(C)C)nc2cc(-c3ccccc3)sc2c1=O. The highest BCUT2D eigenvalue weighted by molar-refractivity contribution is 8.00. The largest absolute Gasteiger partial charge is 0.355 e. The molecule has 2 heterocycles. The summed E-state index contributed by atoms with van der Waals surface area (Å²) >= 11 is 2.74. The Kier molecular flexibility index (Phi) is 6.92. The Morgan fingerprint density at radius 1 is 1.31 bits per heavy atom. The molecule has 1 aromatic carbocycles. The minimum absolute atomic E-state index is 0.0570. The van der Waals surface area contributed by atoms with E-state index in [9.17, 15) is 9.59 Å². The zero-order valence-corrected chi connectivity index (χ0v) is 18.5. The van der Waals surface area contributed by atoms with Crippen LogP contribution in [0.3, 0.4) is 0 Å². The van der Waals surface area contributed by atoms with E-state index in [1.54, 1.807) is 10.6 Å². The Morgan fingerprint density at radius 3 is 2.69 bits per heavy atom. The number of carbonyl (C=O) groups is 1. The molecular formula is C22H25N3O2S2. The fourth-order valence-electron chi connectivity index (χ4n) is 2.78. The summed E-state index contributed by atoms with van der Waals surface area (Å²) in [6.45, 7) is 10.7. The van der Waals surface area contributed by atoms with Gasteiger partial charge in [0.1, 0.15) is 4.70 Å². The number of carbonyl (C=O) groups excluding carboxylic acids is 1. The lowest BCUT2D eigenvalue weighted by molar-refractivity contribution is -0.120. The number of hydrogen-bond acceptors (Lipinski definition) is 5. The number of thioether (sulfide) groups is 1. The van der Waals surface area contributed by atoms with Crippen LogP contribution in [0.1, 0.15) is 20.8 Å². The second-order valence-corrected chi connectivity index (χ2v) is 9.55. The maximum Gasteiger partial charge on any atom is 0.272 e. The van der Waals surface area contributed by atoms with E-state index in [1.807, 2.05) is 43.3 Å². The average molecular weight is 428 g/mol. The molecule has 0 spiro atoms. The minimum atomic E-state index is -0.360. The van der Waals surface area contributed by atoms with Gasteiger partial charge in [-0.05, 0) is 24.5 Å². The van der Waals surface area contributed by atoms with Crippen molar-refractivity contribution in [2.24, 2.45) is 5.92 Å². The molecule has 1 amide bonds. The first-order chi connectivity index (χ1) is 13.9. The van der Waals surface area contributed by atoms with Gasteiger partial charge in [-0.1, -0.05) is 62.0 Å². The van der Waals surface area contributed by atoms with Crippen LogP contribution >= 0.6 is 23.1 Å². The molecule has 0 bridgehead atoms. The Balaban J connectivity index is 1.97. The van der Waals surface area contributed by atoms with Gasteiger partial charge in [0, 0.05) is 18.0 Å². The molecule has 0 radical (unpaired) electrons. The van der Waals surface area contributed by atoms with Crippen LogP contribution in [0.5, 0.6) is 0 Å². The van der Waals surface area contributed by atoms with Gasteiger partial charge in [0.25, 0.3) is 5.56 Å². The fourth-order valence-corrected chi connectivity index (χ4v) is 4.77. The third kappa shape index (κ3) is 4.97. The number of nitrogens with zero attached hydrogens (tertiary/aromatic N) is 2. The highest BCUT2D eigenvalue weighted by Gasteiger charge is 2.20. The van der Waals surface area contributed by atoms with E-state index < -0.39 is 0 Å². The maximum atomic E-state index is 13.1. The van der Waals surface area contributed by atoms with Crippen LogP contribution in [-0.2, 0) is 11.3 Å². The lowest BCUT2D eigenvalue weighted by atomic mass is 10.2. The van der Waals surface area contributed by atoms with Crippen molar-refractivity contribution in [1.29, 1.82) is 0 Å². The number of amides is 1. The lowest BCUT2D eigenvalue weighted by Gasteiger charge is -2.15. The molecule has 0 fully saturated rings. The number of benzene rings is 1. The zero-order valence-electron chi connectivity index (χ0n) is 16.8. The standard InChI is InChI=1S/C22H25N3O2S2/c1-5-11-25-21(27)19-17(12-18(29-19)16-9-7-6-8-10-16)24-22(25)28-15(4)20(26)23-13-14(2)3/h5-10,12,14-15H,1,11,13H2,2-4H3,(H,23,26). The number of nitrogens with one attached hydrogen (secondary N) is 1. The number of rotatable bonds is 8. The van der Waals surface area contributed by atoms with Gasteiger partial charge in [0.2, 0.25) is 5.91 Å². The van der Waals surface area contributed by atoms with Gasteiger partial charge in [-0.3, -0.25) is 14.2 Å². The Morgan fingerprint density at radius 2 is 2.03 bits per heavy atom. The predicted molar refractivity (Wildman–Crippen MR) is 123 cm³/mol. The smallest absolute Gasteiger partial charge is 0.272 e. The summed E-state index contributed by atoms with van der Waals surface area (Å²) in [4.78, 5) is 31.2. The van der Waals surface area contributed by atoms with Gasteiger partial charge in [0.15, 0.2) is 5.16 Å². The molecule has 7 heteroatoms. The molecule has 0 aliphatic rings. The summed E-state index contributed by atoms with van der Waals surface area (Å²) in [5, 5.41) is 3.11. The van der Waals surface area contributed by atoms with Gasteiger partial charge in [-0.15, -0.1) is 17.9 Å². The highest BCUT2D eigenvalue weighted by Crippen LogP contribution is 2.32. The molecule has 1 N–H and O–H groups in total. The molecule has 0 saturated carbocycles. The summed E-state index contributed by atoms with van der Waals surface area (Å²) in [6, 6.07) is 11.9. The number of aromatic nitrogens is 2. The summed E-state index contributed by atoms with van der Waals surface area (Å²) in [5.74, 6) is 0.324. The van der Waals surface area contributed by atoms with Gasteiger partial charge in [-0.25, -0.2) is 4.98 Å². The van der Waals surface area contributed by atoms with Gasteiger partial charge < -0.3 is 5.32 Å². The molecule has 152 valence electrons. The van der Waals surface area contributed by atoms with Crippen molar-refractivity contribution in [3.05, 3.63) is 59.4 Å². The highest BCUT2D eigenvalue weighted by atomic mass is 32.2. The molecule has 0 aliphatic carbocycles. The zero-order chi connectivity index (χ0) is 21.0. The molecule has 3 aromatic rings. The van der Waals surface area contributed by atoms with Crippen LogP contribution in [-0.4, -0.2) is 27.3 Å². The Bertz CT molecular complexity index is 1070. The van der Waals surface area contributed by atoms with Crippen LogP contribution in [0.15, 0.2) is 59.0 Å². The van der Waals surface area contributed by atoms with Crippen molar-refractivity contribution < 1.29 is 4.79 Å². The van der Waals surface area contributed by atoms with E-state index in [0.717, 1.165) is 10.4 Å². The van der Waals surface area contributed by atoms with E-state index in [1.165, 1.54) is 23.1 Å². The number of hydrogen-bond donors (Lipinski definition) is 1. The molecule has 1 atom stereocenters. The monoisotopic (exact) mass is 427 g/mol. The first kappa shape index (κ1) is 21.3. The third-order valence-corrected chi connectivity index (χ3v) is 6.56. The van der Waals surface area contributed by atoms with Crippen molar-refractivity contribution in [1.82, 2.24) is 14.9 Å². The number of thiophene rings is 1. The fraction of sp³-hybridized carbons (Fsp3) is 0.318. The molecule has 5 nitrogen and oxygen atoms in total. The summed E-state index contributed by atoms with van der Waals surface area (Å²) in [7, 11) is 0. The first-order valence-electron chi connectivity index (χ1n) is 9.55. The molecule has 2 aromatic heterocycles. The normalized spacial score (nSPS) is 12.3. The average Bonchev–Trinajstić information content (AvgIpc) is 3.14. The van der Waals surface area contributed by atoms with E-state index in [2.05, 4.69) is 25.7 Å². The lowest BCUT2D eigenvalue weighted by Crippen LogP contribution is -2.34. The second-order valence-electron chi connectivity index (χ2n) is 7.19. The molecular weight excluding hydrogens is 402 g/mol. The van der Waals surface area contributed by atoms with Gasteiger partial charge in [0.05, 0.1) is 10.8 Å². The summed E-state index contributed by atoms with van der Waals surface area (Å²) < 4.78 is 2.21. The van der Waals surface area contributed by atoms with Crippen LogP contribution < -0.4 is 10.9 Å². The van der Waals surface area contributed by atoms with Crippen molar-refractivity contribution >= 4 is 39.2 Å². The van der Waals surface area contributed by atoms with Crippen LogP contribution in [0, 0.1) is 5.92 Å². The van der Waals surface area contributed by atoms with Crippen molar-refractivity contribution in [2.75, 3.05) is 6.54 Å². The Hall–Kier alpha value is -2.38. The predicted octanol–water partition coefficient (Wildman–Crippen LogP) is 4.56. The summed E-state index contributed by atoms with van der Waals surface area (Å²) in [5.41, 5.74) is 1.62. The van der Waals surface area contributed by atoms with E-state index in [4.69, 9.17) is 4.98 Å². The third-order valence-electron chi connectivity index (χ3n) is 4.30. The molecule has 1 unspecified atom stereocenters. The van der Waals surface area contributed by atoms with Gasteiger partial charge >= 0.3 is 0 Å². The van der Waals surface area contributed by atoms with Crippen molar-refractivity contribution in [3.8, 4) is 10.4 Å². The molecule has 3 rings (SSSR count). The van der Waals surface area contributed by atoms with Crippen LogP contribution in [0.4, 0.5) is 0 Å². The maximum absolute atomic E-state index is 13.1. The van der Waals surface area contributed by atoms with Crippen LogP contribution in [0.25, 0.3) is 20.7 Å². The van der Waals surface area contributed by atoms with E-state index >= 15 is 0 Å². The van der Waals surface area contributed by atoms with Gasteiger partial charge in [-0.2, -0.15) is 0 Å². The molecule has 29 heavy (non-hydrogen) atoms. The van der Waals surface area contributed by atoms with E-state index in [0.29, 0.717) is 34.4 Å². The molecule has 0 saturated heterocycles. The topological polar surface area (TPSA) is 64.0 Å². The summed E-state index contributed by atoms with van der Waals surface area (Å²) in [6.07, 6.45) is 1.67. The van der Waals surface area contributed by atoms with Crippen molar-refractivity contribution in [3.63, 3.8) is 0 Å². The second kappa shape index (κ2) is 9.41. The van der Waals surface area contributed by atoms with Crippen LogP contribution in [0.2, 0.25) is 0 Å². The van der Waals surface area contributed by atoms with Crippen molar-refractivity contribution in [2.45, 2.75) is 37.7 Å². The number of fused-ring (bicyclic) bond motifs is 1. The Labute approximate surface area is 178 Å². The first-order valence-corrected chi connectivity index (χ1v) is 11.3. The van der Waals surface area contributed by atoms with E-state index in [-0.39, 0.29) is 16.7 Å². The molecule has 0 aliphatic heterocycles. The number of allylic oxidation sites excluding steroid dienone is 1. The minimum Gasteiger partial charge on any atom is -0.355 e.